The molecule has 0 fully saturated rings. The molecule has 2 aromatic rings. The molecule has 1 aromatic heterocycles. The number of nitrogens with one attached hydrogen (secondary N) is 1. The number of hydrogen-bond acceptors (Lipinski definition) is 2. The van der Waals surface area contributed by atoms with Crippen molar-refractivity contribution in [2.45, 2.75) is 26.8 Å². The van der Waals surface area contributed by atoms with Gasteiger partial charge in [-0.25, -0.2) is 0 Å². The third kappa shape index (κ3) is 2.35. The molecule has 3 heteroatoms. The molecule has 2 heterocycles. The van der Waals surface area contributed by atoms with Crippen LogP contribution in [0.1, 0.15) is 25.1 Å². The van der Waals surface area contributed by atoms with Gasteiger partial charge < -0.3 is 9.72 Å². The summed E-state index contributed by atoms with van der Waals surface area (Å²) < 4.78 is 5.35. The summed E-state index contributed by atoms with van der Waals surface area (Å²) in [6, 6.07) is 6.30. The summed E-state index contributed by atoms with van der Waals surface area (Å²) >= 11 is 0. The maximum atomic E-state index is 5.35. The van der Waals surface area contributed by atoms with Gasteiger partial charge in [0.2, 0.25) is 0 Å². The van der Waals surface area contributed by atoms with Gasteiger partial charge in [-0.2, -0.15) is 0 Å². The second-order valence-electron chi connectivity index (χ2n) is 5.87. The zero-order chi connectivity index (χ0) is 13.4. The van der Waals surface area contributed by atoms with Crippen molar-refractivity contribution in [1.82, 2.24) is 9.88 Å². The SMILES string of the molecule is COc1ccc2[nH]c3c(c2c1)CN(CC(C)C)CC3. The summed E-state index contributed by atoms with van der Waals surface area (Å²) in [5, 5.41) is 1.32. The Labute approximate surface area is 114 Å². The highest BCUT2D eigenvalue weighted by molar-refractivity contribution is 5.86. The minimum atomic E-state index is 0.723. The number of H-pyrrole nitrogens is 1. The fraction of sp³-hybridized carbons (Fsp3) is 0.500. The predicted molar refractivity (Wildman–Crippen MR) is 78.7 cm³/mol. The van der Waals surface area contributed by atoms with Crippen LogP contribution in [0.5, 0.6) is 5.75 Å². The first kappa shape index (κ1) is 12.5. The number of benzene rings is 1. The Morgan fingerprint density at radius 2 is 2.21 bits per heavy atom. The molecule has 3 nitrogen and oxygen atoms in total. The molecule has 0 spiro atoms. The van der Waals surface area contributed by atoms with E-state index in [1.54, 1.807) is 7.11 Å². The van der Waals surface area contributed by atoms with Crippen molar-refractivity contribution in [3.8, 4) is 5.75 Å². The molecule has 1 aliphatic heterocycles. The molecule has 1 N–H and O–H groups in total. The molecule has 0 saturated carbocycles. The van der Waals surface area contributed by atoms with Crippen LogP contribution in [0.15, 0.2) is 18.2 Å². The summed E-state index contributed by atoms with van der Waals surface area (Å²) in [4.78, 5) is 6.11. The lowest BCUT2D eigenvalue weighted by atomic mass is 10.0. The summed E-state index contributed by atoms with van der Waals surface area (Å²) in [5.41, 5.74) is 4.10. The van der Waals surface area contributed by atoms with E-state index in [4.69, 9.17) is 4.74 Å². The zero-order valence-electron chi connectivity index (χ0n) is 12.0. The largest absolute Gasteiger partial charge is 0.497 e. The summed E-state index contributed by atoms with van der Waals surface area (Å²) in [6.45, 7) is 7.97. The number of hydrogen-bond donors (Lipinski definition) is 1. The third-order valence-corrected chi connectivity index (χ3v) is 3.88. The van der Waals surface area contributed by atoms with E-state index in [0.717, 1.165) is 31.2 Å². The highest BCUT2D eigenvalue weighted by Gasteiger charge is 2.21. The van der Waals surface area contributed by atoms with Crippen LogP contribution in [0.4, 0.5) is 0 Å². The van der Waals surface area contributed by atoms with E-state index < -0.39 is 0 Å². The van der Waals surface area contributed by atoms with Crippen molar-refractivity contribution in [3.05, 3.63) is 29.5 Å². The van der Waals surface area contributed by atoms with Crippen LogP contribution in [0, 0.1) is 5.92 Å². The van der Waals surface area contributed by atoms with Gasteiger partial charge in [0.15, 0.2) is 0 Å². The van der Waals surface area contributed by atoms with Gasteiger partial charge in [-0.3, -0.25) is 4.90 Å². The monoisotopic (exact) mass is 258 g/mol. The summed E-state index contributed by atoms with van der Waals surface area (Å²) in [5.74, 6) is 1.66. The van der Waals surface area contributed by atoms with Gasteiger partial charge in [-0.15, -0.1) is 0 Å². The average Bonchev–Trinajstić information content (AvgIpc) is 2.75. The molecule has 0 bridgehead atoms. The van der Waals surface area contributed by atoms with Gasteiger partial charge in [0.1, 0.15) is 5.75 Å². The van der Waals surface area contributed by atoms with Crippen molar-refractivity contribution >= 4 is 10.9 Å². The second kappa shape index (κ2) is 4.89. The maximum Gasteiger partial charge on any atom is 0.119 e. The van der Waals surface area contributed by atoms with Gasteiger partial charge in [0.05, 0.1) is 7.11 Å². The van der Waals surface area contributed by atoms with Crippen LogP contribution in [-0.2, 0) is 13.0 Å². The van der Waals surface area contributed by atoms with E-state index >= 15 is 0 Å². The molecular formula is C16H22N2O. The maximum absolute atomic E-state index is 5.35. The minimum absolute atomic E-state index is 0.723. The van der Waals surface area contributed by atoms with Gasteiger partial charge in [0.25, 0.3) is 0 Å². The zero-order valence-corrected chi connectivity index (χ0v) is 12.0. The molecule has 1 aromatic carbocycles. The number of aromatic amines is 1. The number of methoxy groups -OCH3 is 1. The first-order chi connectivity index (χ1) is 9.17. The molecule has 0 unspecified atom stereocenters. The Balaban J connectivity index is 1.97. The van der Waals surface area contributed by atoms with Crippen molar-refractivity contribution in [2.75, 3.05) is 20.2 Å². The molecular weight excluding hydrogens is 236 g/mol. The summed E-state index contributed by atoms with van der Waals surface area (Å²) in [6.07, 6.45) is 1.12. The van der Waals surface area contributed by atoms with E-state index in [1.165, 1.54) is 28.7 Å². The molecule has 0 radical (unpaired) electrons. The Morgan fingerprint density at radius 3 is 2.95 bits per heavy atom. The summed E-state index contributed by atoms with van der Waals surface area (Å²) in [7, 11) is 1.73. The van der Waals surface area contributed by atoms with Gasteiger partial charge in [-0.05, 0) is 29.7 Å². The molecule has 3 rings (SSSR count). The van der Waals surface area contributed by atoms with Gasteiger partial charge in [-0.1, -0.05) is 13.8 Å². The van der Waals surface area contributed by atoms with Crippen molar-refractivity contribution in [2.24, 2.45) is 5.92 Å². The van der Waals surface area contributed by atoms with Crippen molar-refractivity contribution < 1.29 is 4.74 Å². The molecule has 0 atom stereocenters. The van der Waals surface area contributed by atoms with Crippen LogP contribution in [0.2, 0.25) is 0 Å². The number of ether oxygens (including phenoxy) is 1. The predicted octanol–water partition coefficient (Wildman–Crippen LogP) is 3.19. The first-order valence-corrected chi connectivity index (χ1v) is 7.07. The van der Waals surface area contributed by atoms with Crippen LogP contribution in [0.3, 0.4) is 0 Å². The molecule has 0 saturated heterocycles. The van der Waals surface area contributed by atoms with Crippen LogP contribution < -0.4 is 4.74 Å². The standard InChI is InChI=1S/C16H22N2O/c1-11(2)9-18-7-6-16-14(10-18)13-8-12(19-3)4-5-15(13)17-16/h4-5,8,11,17H,6-7,9-10H2,1-3H3. The van der Waals surface area contributed by atoms with Crippen LogP contribution in [0.25, 0.3) is 10.9 Å². The van der Waals surface area contributed by atoms with E-state index in [0.29, 0.717) is 0 Å². The Hall–Kier alpha value is -1.48. The third-order valence-electron chi connectivity index (χ3n) is 3.88. The number of fused-ring (bicyclic) bond motifs is 3. The average molecular weight is 258 g/mol. The van der Waals surface area contributed by atoms with Crippen molar-refractivity contribution in [1.29, 1.82) is 0 Å². The Bertz CT molecular complexity index is 586. The lowest BCUT2D eigenvalue weighted by molar-refractivity contribution is 0.226. The van der Waals surface area contributed by atoms with Gasteiger partial charge >= 0.3 is 0 Å². The number of nitrogens with zero attached hydrogens (tertiary/aromatic N) is 1. The smallest absolute Gasteiger partial charge is 0.119 e. The van der Waals surface area contributed by atoms with E-state index in [2.05, 4.69) is 35.9 Å². The van der Waals surface area contributed by atoms with Crippen LogP contribution in [-0.4, -0.2) is 30.1 Å². The quantitative estimate of drug-likeness (QED) is 0.915. The fourth-order valence-electron chi connectivity index (χ4n) is 3.05. The molecule has 0 amide bonds. The van der Waals surface area contributed by atoms with E-state index in [9.17, 15) is 0 Å². The molecule has 19 heavy (non-hydrogen) atoms. The van der Waals surface area contributed by atoms with E-state index in [1.807, 2.05) is 6.07 Å². The normalized spacial score (nSPS) is 16.0. The molecule has 0 aliphatic carbocycles. The Morgan fingerprint density at radius 1 is 1.37 bits per heavy atom. The topological polar surface area (TPSA) is 28.3 Å². The lowest BCUT2D eigenvalue weighted by Gasteiger charge is -2.28. The molecule has 1 aliphatic rings. The Kier molecular flexibility index (Phi) is 3.23. The van der Waals surface area contributed by atoms with Crippen LogP contribution >= 0.6 is 0 Å². The number of aromatic nitrogens is 1. The van der Waals surface area contributed by atoms with Crippen molar-refractivity contribution in [3.63, 3.8) is 0 Å². The minimum Gasteiger partial charge on any atom is -0.497 e. The first-order valence-electron chi connectivity index (χ1n) is 7.07. The molecule has 102 valence electrons. The number of rotatable bonds is 3. The highest BCUT2D eigenvalue weighted by atomic mass is 16.5. The van der Waals surface area contributed by atoms with Gasteiger partial charge in [0, 0.05) is 42.7 Å². The second-order valence-corrected chi connectivity index (χ2v) is 5.87. The highest BCUT2D eigenvalue weighted by Crippen LogP contribution is 2.30. The fourth-order valence-corrected chi connectivity index (χ4v) is 3.05. The lowest BCUT2D eigenvalue weighted by Crippen LogP contribution is -2.33. The van der Waals surface area contributed by atoms with E-state index in [-0.39, 0.29) is 0 Å².